The third kappa shape index (κ3) is 3.37. The van der Waals surface area contributed by atoms with Gasteiger partial charge in [0.05, 0.1) is 29.0 Å². The summed E-state index contributed by atoms with van der Waals surface area (Å²) in [6, 6.07) is 5.62. The number of aryl methyl sites for hydroxylation is 1. The first-order chi connectivity index (χ1) is 10.1. The van der Waals surface area contributed by atoms with E-state index in [-0.39, 0.29) is 0 Å². The number of methoxy groups -OCH3 is 2. The quantitative estimate of drug-likeness (QED) is 0.781. The zero-order chi connectivity index (χ0) is 15.4. The van der Waals surface area contributed by atoms with Crippen LogP contribution < -0.4 is 14.8 Å². The fourth-order valence-electron chi connectivity index (χ4n) is 1.95. The zero-order valence-corrected chi connectivity index (χ0v) is 14.7. The summed E-state index contributed by atoms with van der Waals surface area (Å²) in [5.41, 5.74) is 1.78. The molecule has 0 aliphatic carbocycles. The van der Waals surface area contributed by atoms with E-state index < -0.39 is 0 Å². The van der Waals surface area contributed by atoms with E-state index in [1.165, 1.54) is 0 Å². The molecule has 0 spiro atoms. The van der Waals surface area contributed by atoms with Gasteiger partial charge in [0.1, 0.15) is 17.3 Å². The first-order valence-corrected chi connectivity index (χ1v) is 7.69. The molecule has 0 aliphatic heterocycles. The lowest BCUT2D eigenvalue weighted by Crippen LogP contribution is -2.06. The number of nitrogens with zero attached hydrogens (tertiary/aromatic N) is 2. The van der Waals surface area contributed by atoms with Crippen LogP contribution in [0.3, 0.4) is 0 Å². The van der Waals surface area contributed by atoms with Crippen LogP contribution in [0.5, 0.6) is 11.5 Å². The van der Waals surface area contributed by atoms with Gasteiger partial charge in [-0.2, -0.15) is 0 Å². The fourth-order valence-corrected chi connectivity index (χ4v) is 2.38. The van der Waals surface area contributed by atoms with E-state index in [1.807, 2.05) is 32.0 Å². The summed E-state index contributed by atoms with van der Waals surface area (Å²) in [6.45, 7) is 4.83. The van der Waals surface area contributed by atoms with Crippen molar-refractivity contribution in [1.29, 1.82) is 0 Å². The molecule has 0 unspecified atom stereocenters. The van der Waals surface area contributed by atoms with Crippen molar-refractivity contribution in [1.82, 2.24) is 9.97 Å². The number of hydrogen-bond donors (Lipinski definition) is 1. The maximum atomic E-state index is 5.43. The van der Waals surface area contributed by atoms with Crippen molar-refractivity contribution in [2.75, 3.05) is 26.1 Å². The second kappa shape index (κ2) is 6.93. The number of anilines is 1. The van der Waals surface area contributed by atoms with Crippen LogP contribution in [0.2, 0.25) is 0 Å². The SMILES string of the molecule is CCNc1nc(-c2ccc(OC)cc2OC)nc(C)c1I. The van der Waals surface area contributed by atoms with Gasteiger partial charge in [-0.1, -0.05) is 0 Å². The predicted octanol–water partition coefficient (Wildman–Crippen LogP) is 3.51. The van der Waals surface area contributed by atoms with Crippen LogP contribution in [0.15, 0.2) is 18.2 Å². The van der Waals surface area contributed by atoms with Crippen LogP contribution in [0, 0.1) is 10.5 Å². The molecule has 0 saturated heterocycles. The topological polar surface area (TPSA) is 56.3 Å². The Balaban J connectivity index is 2.56. The average Bonchev–Trinajstić information content (AvgIpc) is 2.51. The Hall–Kier alpha value is -1.57. The van der Waals surface area contributed by atoms with Crippen LogP contribution in [0.25, 0.3) is 11.4 Å². The lowest BCUT2D eigenvalue weighted by molar-refractivity contribution is 0.395. The normalized spacial score (nSPS) is 10.3. The molecule has 112 valence electrons. The maximum Gasteiger partial charge on any atom is 0.165 e. The molecule has 1 heterocycles. The van der Waals surface area contributed by atoms with Gasteiger partial charge in [-0.3, -0.25) is 0 Å². The van der Waals surface area contributed by atoms with Gasteiger partial charge >= 0.3 is 0 Å². The summed E-state index contributed by atoms with van der Waals surface area (Å²) in [6.07, 6.45) is 0. The highest BCUT2D eigenvalue weighted by Gasteiger charge is 2.14. The van der Waals surface area contributed by atoms with E-state index in [1.54, 1.807) is 14.2 Å². The lowest BCUT2D eigenvalue weighted by Gasteiger charge is -2.13. The summed E-state index contributed by atoms with van der Waals surface area (Å²) in [5, 5.41) is 3.26. The summed E-state index contributed by atoms with van der Waals surface area (Å²) in [4.78, 5) is 9.18. The second-order valence-electron chi connectivity index (χ2n) is 4.39. The Morgan fingerprint density at radius 2 is 1.95 bits per heavy atom. The second-order valence-corrected chi connectivity index (χ2v) is 5.47. The summed E-state index contributed by atoms with van der Waals surface area (Å²) >= 11 is 2.25. The van der Waals surface area contributed by atoms with Crippen LogP contribution in [-0.4, -0.2) is 30.7 Å². The number of hydrogen-bond acceptors (Lipinski definition) is 5. The van der Waals surface area contributed by atoms with Gasteiger partial charge in [-0.25, -0.2) is 9.97 Å². The van der Waals surface area contributed by atoms with E-state index in [2.05, 4.69) is 37.9 Å². The van der Waals surface area contributed by atoms with Crippen LogP contribution in [0.4, 0.5) is 5.82 Å². The number of nitrogens with one attached hydrogen (secondary N) is 1. The van der Waals surface area contributed by atoms with Gasteiger partial charge in [0.2, 0.25) is 0 Å². The van der Waals surface area contributed by atoms with Crippen LogP contribution in [0.1, 0.15) is 12.6 Å². The maximum absolute atomic E-state index is 5.43. The molecule has 2 rings (SSSR count). The molecule has 0 atom stereocenters. The standard InChI is InChI=1S/C15H18IN3O2/c1-5-17-15-13(16)9(2)18-14(19-15)11-7-6-10(20-3)8-12(11)21-4/h6-8H,5H2,1-4H3,(H,17,18,19). The third-order valence-corrected chi connectivity index (χ3v) is 4.30. The minimum absolute atomic E-state index is 0.642. The molecule has 21 heavy (non-hydrogen) atoms. The van der Waals surface area contributed by atoms with Gasteiger partial charge < -0.3 is 14.8 Å². The number of ether oxygens (including phenoxy) is 2. The Kier molecular flexibility index (Phi) is 5.22. The molecule has 0 fully saturated rings. The van der Waals surface area contributed by atoms with E-state index in [0.717, 1.165) is 32.9 Å². The number of rotatable bonds is 5. The molecule has 6 heteroatoms. The Morgan fingerprint density at radius 1 is 1.19 bits per heavy atom. The summed E-state index contributed by atoms with van der Waals surface area (Å²) in [7, 11) is 3.26. The van der Waals surface area contributed by atoms with Crippen molar-refractivity contribution in [2.24, 2.45) is 0 Å². The zero-order valence-electron chi connectivity index (χ0n) is 12.5. The smallest absolute Gasteiger partial charge is 0.165 e. The van der Waals surface area contributed by atoms with E-state index in [9.17, 15) is 0 Å². The number of benzene rings is 1. The average molecular weight is 399 g/mol. The lowest BCUT2D eigenvalue weighted by atomic mass is 10.1. The monoisotopic (exact) mass is 399 g/mol. The first-order valence-electron chi connectivity index (χ1n) is 6.61. The van der Waals surface area contributed by atoms with Crippen molar-refractivity contribution in [3.63, 3.8) is 0 Å². The molecular weight excluding hydrogens is 381 g/mol. The molecule has 0 saturated carbocycles. The van der Waals surface area contributed by atoms with Crippen molar-refractivity contribution in [2.45, 2.75) is 13.8 Å². The fraction of sp³-hybridized carbons (Fsp3) is 0.333. The van der Waals surface area contributed by atoms with Crippen LogP contribution in [-0.2, 0) is 0 Å². The Bertz CT molecular complexity index is 647. The largest absolute Gasteiger partial charge is 0.497 e. The highest BCUT2D eigenvalue weighted by atomic mass is 127. The van der Waals surface area contributed by atoms with E-state index >= 15 is 0 Å². The van der Waals surface area contributed by atoms with Crippen LogP contribution >= 0.6 is 22.6 Å². The first kappa shape index (κ1) is 15.8. The Morgan fingerprint density at radius 3 is 2.57 bits per heavy atom. The molecular formula is C15H18IN3O2. The molecule has 2 aromatic rings. The van der Waals surface area contributed by atoms with E-state index in [4.69, 9.17) is 9.47 Å². The predicted molar refractivity (Wildman–Crippen MR) is 92.2 cm³/mol. The molecule has 0 bridgehead atoms. The molecule has 0 amide bonds. The van der Waals surface area contributed by atoms with E-state index in [0.29, 0.717) is 11.6 Å². The molecule has 5 nitrogen and oxygen atoms in total. The molecule has 0 radical (unpaired) electrons. The highest BCUT2D eigenvalue weighted by molar-refractivity contribution is 14.1. The molecule has 1 N–H and O–H groups in total. The number of halogens is 1. The van der Waals surface area contributed by atoms with Gasteiger partial charge in [0.25, 0.3) is 0 Å². The van der Waals surface area contributed by atoms with Gasteiger partial charge in [-0.05, 0) is 48.6 Å². The van der Waals surface area contributed by atoms with Gasteiger partial charge in [-0.15, -0.1) is 0 Å². The van der Waals surface area contributed by atoms with Gasteiger partial charge in [0.15, 0.2) is 5.82 Å². The van der Waals surface area contributed by atoms with Gasteiger partial charge in [0, 0.05) is 12.6 Å². The summed E-state index contributed by atoms with van der Waals surface area (Å²) < 4.78 is 11.7. The van der Waals surface area contributed by atoms with Crippen molar-refractivity contribution >= 4 is 28.4 Å². The Labute approximate surface area is 138 Å². The highest BCUT2D eigenvalue weighted by Crippen LogP contribution is 2.33. The van der Waals surface area contributed by atoms with Crippen molar-refractivity contribution in [3.8, 4) is 22.9 Å². The third-order valence-electron chi connectivity index (χ3n) is 3.01. The minimum Gasteiger partial charge on any atom is -0.497 e. The van der Waals surface area contributed by atoms with Crippen molar-refractivity contribution in [3.05, 3.63) is 27.5 Å². The summed E-state index contributed by atoms with van der Waals surface area (Å²) in [5.74, 6) is 2.92. The minimum atomic E-state index is 0.642. The number of aromatic nitrogens is 2. The van der Waals surface area contributed by atoms with Crippen molar-refractivity contribution < 1.29 is 9.47 Å². The molecule has 1 aromatic heterocycles. The molecule has 0 aliphatic rings. The molecule has 1 aromatic carbocycles.